The Morgan fingerprint density at radius 3 is 2.35 bits per heavy atom. The molecule has 0 aliphatic rings. The second-order valence-corrected chi connectivity index (χ2v) is 5.41. The molecule has 0 spiro atoms. The number of nitrogens with zero attached hydrogens (tertiary/aromatic N) is 2. The molecule has 0 saturated heterocycles. The Balaban J connectivity index is 1.95. The zero-order valence-electron chi connectivity index (χ0n) is 12.3. The smallest absolute Gasteiger partial charge is 0.337 e. The number of rotatable bonds is 3. The van der Waals surface area contributed by atoms with E-state index in [1.165, 1.54) is 0 Å². The van der Waals surface area contributed by atoms with Crippen molar-refractivity contribution in [3.05, 3.63) is 71.1 Å². The zero-order valence-corrected chi connectivity index (χ0v) is 13.1. The van der Waals surface area contributed by atoms with Gasteiger partial charge in [0.05, 0.1) is 17.0 Å². The molecule has 1 N–H and O–H groups in total. The fraction of sp³-hybridized carbons (Fsp3) is 0.0556. The summed E-state index contributed by atoms with van der Waals surface area (Å²) in [6.07, 6.45) is 1.65. The van der Waals surface area contributed by atoms with E-state index < -0.39 is 5.97 Å². The molecule has 3 rings (SSSR count). The summed E-state index contributed by atoms with van der Waals surface area (Å²) in [7, 11) is 0. The maximum absolute atomic E-state index is 11.0. The van der Waals surface area contributed by atoms with Crippen LogP contribution in [0.2, 0.25) is 5.15 Å². The number of benzene rings is 1. The minimum atomic E-state index is -0.969. The number of carbonyl (C=O) groups is 1. The quantitative estimate of drug-likeness (QED) is 0.722. The van der Waals surface area contributed by atoms with Gasteiger partial charge in [0.2, 0.25) is 0 Å². The predicted octanol–water partition coefficient (Wildman–Crippen LogP) is 4.47. The Kier molecular flexibility index (Phi) is 4.08. The van der Waals surface area contributed by atoms with E-state index in [1.807, 2.05) is 36.4 Å². The minimum Gasteiger partial charge on any atom is -0.478 e. The van der Waals surface area contributed by atoms with E-state index in [9.17, 15) is 4.79 Å². The lowest BCUT2D eigenvalue weighted by atomic mass is 10.0. The van der Waals surface area contributed by atoms with E-state index >= 15 is 0 Å². The van der Waals surface area contributed by atoms with Crippen molar-refractivity contribution in [3.8, 4) is 22.4 Å². The first kappa shape index (κ1) is 15.2. The Morgan fingerprint density at radius 1 is 1.04 bits per heavy atom. The van der Waals surface area contributed by atoms with E-state index in [4.69, 9.17) is 16.7 Å². The first-order valence-electron chi connectivity index (χ1n) is 6.98. The van der Waals surface area contributed by atoms with Crippen molar-refractivity contribution in [1.29, 1.82) is 0 Å². The number of halogens is 1. The highest BCUT2D eigenvalue weighted by Gasteiger charge is 2.10. The molecule has 0 fully saturated rings. The normalized spacial score (nSPS) is 10.5. The van der Waals surface area contributed by atoms with Gasteiger partial charge in [-0.25, -0.2) is 9.78 Å². The predicted molar refractivity (Wildman–Crippen MR) is 89.6 cm³/mol. The van der Waals surface area contributed by atoms with Crippen molar-refractivity contribution < 1.29 is 9.90 Å². The van der Waals surface area contributed by atoms with Crippen molar-refractivity contribution >= 4 is 17.6 Å². The fourth-order valence-corrected chi connectivity index (χ4v) is 2.60. The molecular weight excluding hydrogens is 312 g/mol. The summed E-state index contributed by atoms with van der Waals surface area (Å²) in [5.41, 5.74) is 4.18. The van der Waals surface area contributed by atoms with Crippen molar-refractivity contribution in [1.82, 2.24) is 9.97 Å². The molecule has 3 aromatic rings. The number of carboxylic acids is 1. The van der Waals surface area contributed by atoms with Crippen molar-refractivity contribution in [2.45, 2.75) is 6.92 Å². The molecule has 1 aromatic carbocycles. The molecule has 0 aliphatic heterocycles. The Labute approximate surface area is 138 Å². The van der Waals surface area contributed by atoms with Crippen LogP contribution in [0.1, 0.15) is 16.1 Å². The second kappa shape index (κ2) is 6.18. The lowest BCUT2D eigenvalue weighted by molar-refractivity contribution is 0.0695. The third-order valence-electron chi connectivity index (χ3n) is 3.57. The van der Waals surface area contributed by atoms with E-state index in [2.05, 4.69) is 9.97 Å². The maximum Gasteiger partial charge on any atom is 0.337 e. The van der Waals surface area contributed by atoms with Gasteiger partial charge in [0, 0.05) is 17.3 Å². The summed E-state index contributed by atoms with van der Waals surface area (Å²) >= 11 is 6.10. The summed E-state index contributed by atoms with van der Waals surface area (Å²) in [5.74, 6) is -0.969. The number of pyridine rings is 2. The monoisotopic (exact) mass is 324 g/mol. The van der Waals surface area contributed by atoms with Crippen LogP contribution in [-0.4, -0.2) is 21.0 Å². The van der Waals surface area contributed by atoms with Crippen LogP contribution in [0.4, 0.5) is 0 Å². The van der Waals surface area contributed by atoms with Crippen molar-refractivity contribution in [2.24, 2.45) is 0 Å². The summed E-state index contributed by atoms with van der Waals surface area (Å²) in [5, 5.41) is 9.52. The van der Waals surface area contributed by atoms with Gasteiger partial charge in [-0.1, -0.05) is 35.9 Å². The maximum atomic E-state index is 11.0. The van der Waals surface area contributed by atoms with E-state index in [0.29, 0.717) is 10.8 Å². The topological polar surface area (TPSA) is 63.1 Å². The van der Waals surface area contributed by atoms with Crippen LogP contribution in [0.25, 0.3) is 22.4 Å². The van der Waals surface area contributed by atoms with Crippen LogP contribution in [0.15, 0.2) is 54.7 Å². The van der Waals surface area contributed by atoms with Crippen LogP contribution in [0.3, 0.4) is 0 Å². The number of carboxylic acid groups (broad SMARTS) is 1. The van der Waals surface area contributed by atoms with E-state index in [0.717, 1.165) is 22.4 Å². The van der Waals surface area contributed by atoms with Gasteiger partial charge in [-0.3, -0.25) is 4.98 Å². The lowest BCUT2D eigenvalue weighted by Gasteiger charge is -2.07. The largest absolute Gasteiger partial charge is 0.478 e. The highest BCUT2D eigenvalue weighted by Crippen LogP contribution is 2.28. The molecule has 5 heteroatoms. The Bertz CT molecular complexity index is 876. The fourth-order valence-electron chi connectivity index (χ4n) is 2.37. The lowest BCUT2D eigenvalue weighted by Crippen LogP contribution is -2.02. The molecule has 0 unspecified atom stereocenters. The standard InChI is InChI=1S/C18H13ClN2O2/c1-11-14(18(22)23)8-9-16(21-11)13-6-4-12(5-7-13)15-3-2-10-20-17(15)19/h2-10H,1H3,(H,22,23). The van der Waals surface area contributed by atoms with Crippen molar-refractivity contribution in [2.75, 3.05) is 0 Å². The number of aromatic carboxylic acids is 1. The number of aromatic nitrogens is 2. The molecule has 4 nitrogen and oxygen atoms in total. The molecular formula is C18H13ClN2O2. The third kappa shape index (κ3) is 3.07. The van der Waals surface area contributed by atoms with Gasteiger partial charge >= 0.3 is 5.97 Å². The average Bonchev–Trinajstić information content (AvgIpc) is 2.55. The van der Waals surface area contributed by atoms with Gasteiger partial charge in [-0.05, 0) is 36.8 Å². The number of aryl methyl sites for hydroxylation is 1. The van der Waals surface area contributed by atoms with E-state index in [-0.39, 0.29) is 5.56 Å². The number of hydrogen-bond acceptors (Lipinski definition) is 3. The summed E-state index contributed by atoms with van der Waals surface area (Å²) in [4.78, 5) is 19.5. The summed E-state index contributed by atoms with van der Waals surface area (Å²) < 4.78 is 0. The van der Waals surface area contributed by atoms with Gasteiger partial charge in [0.25, 0.3) is 0 Å². The summed E-state index contributed by atoms with van der Waals surface area (Å²) in [6.45, 7) is 1.69. The van der Waals surface area contributed by atoms with Gasteiger partial charge < -0.3 is 5.11 Å². The van der Waals surface area contributed by atoms with Crippen LogP contribution >= 0.6 is 11.6 Å². The molecule has 114 valence electrons. The van der Waals surface area contributed by atoms with E-state index in [1.54, 1.807) is 25.3 Å². The SMILES string of the molecule is Cc1nc(-c2ccc(-c3cccnc3Cl)cc2)ccc1C(=O)O. The first-order valence-corrected chi connectivity index (χ1v) is 7.36. The van der Waals surface area contributed by atoms with Gasteiger partial charge in [-0.2, -0.15) is 0 Å². The van der Waals surface area contributed by atoms with Crippen LogP contribution in [0.5, 0.6) is 0 Å². The molecule has 0 saturated carbocycles. The summed E-state index contributed by atoms with van der Waals surface area (Å²) in [6, 6.07) is 14.8. The highest BCUT2D eigenvalue weighted by atomic mass is 35.5. The molecule has 0 atom stereocenters. The van der Waals surface area contributed by atoms with Crippen LogP contribution in [-0.2, 0) is 0 Å². The molecule has 2 heterocycles. The first-order chi connectivity index (χ1) is 11.1. The Morgan fingerprint density at radius 2 is 1.74 bits per heavy atom. The van der Waals surface area contributed by atoms with Gasteiger partial charge in [0.1, 0.15) is 5.15 Å². The molecule has 0 bridgehead atoms. The number of hydrogen-bond donors (Lipinski definition) is 1. The van der Waals surface area contributed by atoms with Crippen molar-refractivity contribution in [3.63, 3.8) is 0 Å². The molecule has 23 heavy (non-hydrogen) atoms. The van der Waals surface area contributed by atoms with Gasteiger partial charge in [0.15, 0.2) is 0 Å². The average molecular weight is 325 g/mol. The third-order valence-corrected chi connectivity index (χ3v) is 3.87. The Hall–Kier alpha value is -2.72. The second-order valence-electron chi connectivity index (χ2n) is 5.05. The van der Waals surface area contributed by atoms with Crippen LogP contribution < -0.4 is 0 Å². The highest BCUT2D eigenvalue weighted by molar-refractivity contribution is 6.32. The van der Waals surface area contributed by atoms with Crippen LogP contribution in [0, 0.1) is 6.92 Å². The minimum absolute atomic E-state index is 0.215. The van der Waals surface area contributed by atoms with Gasteiger partial charge in [-0.15, -0.1) is 0 Å². The molecule has 2 aromatic heterocycles. The zero-order chi connectivity index (χ0) is 16.4. The molecule has 0 amide bonds. The molecule has 0 radical (unpaired) electrons. The molecule has 0 aliphatic carbocycles.